The van der Waals surface area contributed by atoms with Crippen LogP contribution >= 0.6 is 0 Å². The summed E-state index contributed by atoms with van der Waals surface area (Å²) in [5.74, 6) is 0.187. The number of fused-ring (bicyclic) bond motifs is 1. The molecule has 0 saturated carbocycles. The van der Waals surface area contributed by atoms with Crippen molar-refractivity contribution in [1.29, 1.82) is 0 Å². The molecule has 200 valence electrons. The Labute approximate surface area is 217 Å². The largest absolute Gasteiger partial charge is 0.457 e. The first-order valence-electron chi connectivity index (χ1n) is 11.9. The molecule has 1 heterocycles. The summed E-state index contributed by atoms with van der Waals surface area (Å²) in [6, 6.07) is 12.2. The summed E-state index contributed by atoms with van der Waals surface area (Å²) < 4.78 is 50.5. The highest BCUT2D eigenvalue weighted by molar-refractivity contribution is 5.93. The van der Waals surface area contributed by atoms with Crippen molar-refractivity contribution in [2.24, 2.45) is 11.7 Å². The van der Waals surface area contributed by atoms with E-state index in [1.807, 2.05) is 18.2 Å². The van der Waals surface area contributed by atoms with E-state index >= 15 is 0 Å². The van der Waals surface area contributed by atoms with E-state index < -0.39 is 17.7 Å². The summed E-state index contributed by atoms with van der Waals surface area (Å²) >= 11 is 0. The fraction of sp³-hybridized carbons (Fsp3) is 0.296. The predicted molar refractivity (Wildman–Crippen MR) is 135 cm³/mol. The molecular weight excluding hydrogens is 501 g/mol. The van der Waals surface area contributed by atoms with E-state index in [4.69, 9.17) is 15.2 Å². The zero-order chi connectivity index (χ0) is 27.3. The van der Waals surface area contributed by atoms with Gasteiger partial charge in [0.1, 0.15) is 23.9 Å². The average molecular weight is 529 g/mol. The number of hydrogen-bond acceptors (Lipinski definition) is 6. The standard InChI is InChI=1S/C27H27F3N4O4/c1-37-15-25(35)34-24-13-23(6-7-32-24)38-22-5-4-17-2-3-18(10-19(17)11-22)26(36)33-21-9-16(14-31)8-20(12-21)27(28,29)30/h4-9,11-13,18H,2-3,10,14-15,31H2,1H3,(H,33,36)(H,32,34,35). The minimum atomic E-state index is -4.55. The number of nitrogens with one attached hydrogen (secondary N) is 2. The van der Waals surface area contributed by atoms with Crippen LogP contribution in [0.3, 0.4) is 0 Å². The molecule has 8 nitrogen and oxygen atoms in total. The number of benzene rings is 2. The number of carbonyl (C=O) groups is 2. The highest BCUT2D eigenvalue weighted by atomic mass is 19.4. The van der Waals surface area contributed by atoms with Crippen LogP contribution in [0.15, 0.2) is 54.7 Å². The number of hydrogen-bond donors (Lipinski definition) is 3. The Kier molecular flexibility index (Phi) is 8.28. The molecule has 0 spiro atoms. The minimum Gasteiger partial charge on any atom is -0.457 e. The molecule has 1 atom stereocenters. The maximum absolute atomic E-state index is 13.3. The summed E-state index contributed by atoms with van der Waals surface area (Å²) in [5, 5.41) is 5.25. The third kappa shape index (κ3) is 6.87. The number of anilines is 2. The van der Waals surface area contributed by atoms with Crippen molar-refractivity contribution in [1.82, 2.24) is 4.98 Å². The number of aromatic nitrogens is 1. The zero-order valence-electron chi connectivity index (χ0n) is 20.6. The molecule has 2 aromatic carbocycles. The van der Waals surface area contributed by atoms with Gasteiger partial charge in [0.25, 0.3) is 5.91 Å². The number of rotatable bonds is 8. The number of aryl methyl sites for hydroxylation is 1. The van der Waals surface area contributed by atoms with Crippen molar-refractivity contribution in [3.05, 3.63) is 77.0 Å². The van der Waals surface area contributed by atoms with Crippen molar-refractivity contribution < 1.29 is 32.2 Å². The van der Waals surface area contributed by atoms with Gasteiger partial charge in [-0.05, 0) is 72.4 Å². The maximum Gasteiger partial charge on any atom is 0.416 e. The Balaban J connectivity index is 1.45. The summed E-state index contributed by atoms with van der Waals surface area (Å²) in [6.07, 6.45) is -1.42. The number of pyridine rings is 1. The number of alkyl halides is 3. The van der Waals surface area contributed by atoms with Crippen LogP contribution in [0.4, 0.5) is 24.7 Å². The Morgan fingerprint density at radius 2 is 1.84 bits per heavy atom. The van der Waals surface area contributed by atoms with Crippen LogP contribution in [0.2, 0.25) is 0 Å². The Morgan fingerprint density at radius 3 is 2.58 bits per heavy atom. The second-order valence-corrected chi connectivity index (χ2v) is 8.94. The molecule has 1 aromatic heterocycles. The van der Waals surface area contributed by atoms with E-state index in [1.165, 1.54) is 19.4 Å². The van der Waals surface area contributed by atoms with Gasteiger partial charge in [-0.15, -0.1) is 0 Å². The number of ether oxygens (including phenoxy) is 2. The fourth-order valence-corrected chi connectivity index (χ4v) is 4.30. The minimum absolute atomic E-state index is 0.0687. The van der Waals surface area contributed by atoms with Crippen molar-refractivity contribution in [3.8, 4) is 11.5 Å². The fourth-order valence-electron chi connectivity index (χ4n) is 4.30. The summed E-state index contributed by atoms with van der Waals surface area (Å²) in [5.41, 5.74) is 7.04. The van der Waals surface area contributed by atoms with Gasteiger partial charge in [-0.1, -0.05) is 6.07 Å². The molecule has 38 heavy (non-hydrogen) atoms. The van der Waals surface area contributed by atoms with Gasteiger partial charge in [0, 0.05) is 37.5 Å². The molecule has 3 aromatic rings. The number of nitrogens with zero attached hydrogens (tertiary/aromatic N) is 1. The number of methoxy groups -OCH3 is 1. The Bertz CT molecular complexity index is 1330. The lowest BCUT2D eigenvalue weighted by atomic mass is 9.83. The summed E-state index contributed by atoms with van der Waals surface area (Å²) in [6.45, 7) is -0.181. The molecule has 1 aliphatic carbocycles. The topological polar surface area (TPSA) is 116 Å². The smallest absolute Gasteiger partial charge is 0.416 e. The second-order valence-electron chi connectivity index (χ2n) is 8.94. The third-order valence-corrected chi connectivity index (χ3v) is 6.11. The zero-order valence-corrected chi connectivity index (χ0v) is 20.6. The third-order valence-electron chi connectivity index (χ3n) is 6.11. The highest BCUT2D eigenvalue weighted by Crippen LogP contribution is 2.34. The second kappa shape index (κ2) is 11.6. The van der Waals surface area contributed by atoms with Gasteiger partial charge in [0.15, 0.2) is 0 Å². The molecule has 1 aliphatic rings. The first kappa shape index (κ1) is 27.1. The molecule has 2 amide bonds. The number of carbonyl (C=O) groups excluding carboxylic acids is 2. The van der Waals surface area contributed by atoms with Crippen molar-refractivity contribution >= 4 is 23.3 Å². The maximum atomic E-state index is 13.3. The van der Waals surface area contributed by atoms with Gasteiger partial charge in [-0.3, -0.25) is 9.59 Å². The molecule has 4 N–H and O–H groups in total. The quantitative estimate of drug-likeness (QED) is 0.391. The first-order valence-corrected chi connectivity index (χ1v) is 11.9. The van der Waals surface area contributed by atoms with Gasteiger partial charge >= 0.3 is 6.18 Å². The van der Waals surface area contributed by atoms with E-state index in [2.05, 4.69) is 15.6 Å². The monoisotopic (exact) mass is 528 g/mol. The van der Waals surface area contributed by atoms with Crippen molar-refractivity contribution in [3.63, 3.8) is 0 Å². The summed E-state index contributed by atoms with van der Waals surface area (Å²) in [4.78, 5) is 28.8. The van der Waals surface area contributed by atoms with Crippen LogP contribution in [0.1, 0.15) is 28.7 Å². The van der Waals surface area contributed by atoms with Crippen LogP contribution in [0.25, 0.3) is 0 Å². The molecule has 0 bridgehead atoms. The summed E-state index contributed by atoms with van der Waals surface area (Å²) in [7, 11) is 1.42. The van der Waals surface area contributed by atoms with E-state index in [1.54, 1.807) is 12.1 Å². The van der Waals surface area contributed by atoms with Gasteiger partial charge in [-0.25, -0.2) is 4.98 Å². The van der Waals surface area contributed by atoms with Gasteiger partial charge in [-0.2, -0.15) is 13.2 Å². The Morgan fingerprint density at radius 1 is 1.05 bits per heavy atom. The van der Waals surface area contributed by atoms with E-state index in [-0.39, 0.29) is 36.2 Å². The predicted octanol–water partition coefficient (Wildman–Crippen LogP) is 4.68. The van der Waals surface area contributed by atoms with Gasteiger partial charge < -0.3 is 25.8 Å². The highest BCUT2D eigenvalue weighted by Gasteiger charge is 2.32. The lowest BCUT2D eigenvalue weighted by molar-refractivity contribution is -0.137. The van der Waals surface area contributed by atoms with Crippen LogP contribution in [-0.4, -0.2) is 30.5 Å². The van der Waals surface area contributed by atoms with Gasteiger partial charge in [0.05, 0.1) is 5.56 Å². The van der Waals surface area contributed by atoms with Crippen LogP contribution in [0.5, 0.6) is 11.5 Å². The number of nitrogens with two attached hydrogens (primary N) is 1. The number of halogens is 3. The lowest BCUT2D eigenvalue weighted by Gasteiger charge is -2.25. The molecule has 0 fully saturated rings. The van der Waals surface area contributed by atoms with Crippen molar-refractivity contribution in [2.45, 2.75) is 32.0 Å². The van der Waals surface area contributed by atoms with Crippen molar-refractivity contribution in [2.75, 3.05) is 24.4 Å². The van der Waals surface area contributed by atoms with Gasteiger partial charge in [0.2, 0.25) is 5.91 Å². The van der Waals surface area contributed by atoms with Crippen LogP contribution in [-0.2, 0) is 39.9 Å². The van der Waals surface area contributed by atoms with E-state index in [0.29, 0.717) is 36.6 Å². The SMILES string of the molecule is COCC(=O)Nc1cc(Oc2ccc3c(c2)CC(C(=O)Nc2cc(CN)cc(C(F)(F)F)c2)CC3)ccn1. The molecule has 0 saturated heterocycles. The normalized spacial score (nSPS) is 14.9. The van der Waals surface area contributed by atoms with E-state index in [9.17, 15) is 22.8 Å². The number of amides is 2. The molecule has 0 radical (unpaired) electrons. The molecule has 1 unspecified atom stereocenters. The molecule has 4 rings (SSSR count). The molecule has 0 aliphatic heterocycles. The average Bonchev–Trinajstić information content (AvgIpc) is 2.88. The van der Waals surface area contributed by atoms with Crippen LogP contribution < -0.4 is 21.1 Å². The first-order chi connectivity index (χ1) is 18.1. The lowest BCUT2D eigenvalue weighted by Crippen LogP contribution is -2.28. The molecular formula is C27H27F3N4O4. The Hall–Kier alpha value is -3.96. The van der Waals surface area contributed by atoms with E-state index in [0.717, 1.165) is 23.3 Å². The molecule has 11 heteroatoms. The van der Waals surface area contributed by atoms with Crippen LogP contribution in [0, 0.1) is 5.92 Å².